The summed E-state index contributed by atoms with van der Waals surface area (Å²) < 4.78 is 5.62. The van der Waals surface area contributed by atoms with Crippen LogP contribution in [0.2, 0.25) is 0 Å². The van der Waals surface area contributed by atoms with Gasteiger partial charge in [0.25, 0.3) is 11.8 Å². The first kappa shape index (κ1) is 15.4. The molecule has 0 aromatic heterocycles. The third kappa shape index (κ3) is 2.88. The van der Waals surface area contributed by atoms with E-state index in [0.29, 0.717) is 18.8 Å². The third-order valence-electron chi connectivity index (χ3n) is 4.61. The van der Waals surface area contributed by atoms with E-state index in [9.17, 15) is 14.4 Å². The molecule has 2 saturated heterocycles. The molecule has 0 spiro atoms. The Hall–Kier alpha value is -3.09. The minimum atomic E-state index is -0.592. The van der Waals surface area contributed by atoms with Gasteiger partial charge in [0.2, 0.25) is 0 Å². The summed E-state index contributed by atoms with van der Waals surface area (Å²) in [5.41, 5.74) is 0. The number of nitrogens with one attached hydrogen (secondary N) is 1. The molecule has 0 bridgehead atoms. The average molecular weight is 339 g/mol. The Balaban J connectivity index is 1.38. The van der Waals surface area contributed by atoms with Crippen molar-refractivity contribution in [2.75, 3.05) is 26.2 Å². The maximum atomic E-state index is 12.4. The van der Waals surface area contributed by atoms with Crippen molar-refractivity contribution in [3.63, 3.8) is 0 Å². The van der Waals surface area contributed by atoms with Crippen molar-refractivity contribution in [3.8, 4) is 5.75 Å². The van der Waals surface area contributed by atoms with E-state index in [4.69, 9.17) is 4.74 Å². The van der Waals surface area contributed by atoms with Gasteiger partial charge in [0.1, 0.15) is 11.8 Å². The lowest BCUT2D eigenvalue weighted by Crippen LogP contribution is -2.55. The molecule has 1 N–H and O–H groups in total. The van der Waals surface area contributed by atoms with E-state index in [1.54, 1.807) is 4.90 Å². The summed E-state index contributed by atoms with van der Waals surface area (Å²) in [4.78, 5) is 38.7. The number of hydrogen-bond donors (Lipinski definition) is 1. The van der Waals surface area contributed by atoms with E-state index in [1.807, 2.05) is 42.5 Å². The quantitative estimate of drug-likeness (QED) is 0.846. The molecule has 2 aromatic carbocycles. The molecule has 7 nitrogen and oxygen atoms in total. The Morgan fingerprint density at radius 3 is 2.76 bits per heavy atom. The van der Waals surface area contributed by atoms with Crippen molar-refractivity contribution in [1.82, 2.24) is 15.1 Å². The molecule has 2 fully saturated rings. The molecule has 0 saturated carbocycles. The van der Waals surface area contributed by atoms with Crippen LogP contribution in [0, 0.1) is 0 Å². The second-order valence-corrected chi connectivity index (χ2v) is 6.14. The summed E-state index contributed by atoms with van der Waals surface area (Å²) in [6, 6.07) is 12.6. The second-order valence-electron chi connectivity index (χ2n) is 6.14. The number of benzene rings is 2. The molecule has 128 valence electrons. The van der Waals surface area contributed by atoms with Gasteiger partial charge >= 0.3 is 6.03 Å². The van der Waals surface area contributed by atoms with E-state index >= 15 is 0 Å². The van der Waals surface area contributed by atoms with Gasteiger partial charge in [-0.2, -0.15) is 0 Å². The number of carbonyl (C=O) groups excluding carboxylic acids is 3. The zero-order valence-electron chi connectivity index (χ0n) is 13.5. The Morgan fingerprint density at radius 2 is 1.92 bits per heavy atom. The molecule has 0 aliphatic carbocycles. The number of nitrogens with zero attached hydrogens (tertiary/aromatic N) is 2. The normalized spacial score (nSPS) is 19.8. The second kappa shape index (κ2) is 6.08. The SMILES string of the molecule is O=C1NC(=O)N2CCN(C(=O)COc3ccc4ccccc4c3)C[C@@H]12. The van der Waals surface area contributed by atoms with E-state index in [0.717, 1.165) is 10.8 Å². The van der Waals surface area contributed by atoms with Gasteiger partial charge in [0.15, 0.2) is 6.61 Å². The number of rotatable bonds is 3. The summed E-state index contributed by atoms with van der Waals surface area (Å²) in [7, 11) is 0. The summed E-state index contributed by atoms with van der Waals surface area (Å²) in [5, 5.41) is 4.42. The predicted octanol–water partition coefficient (Wildman–Crippen LogP) is 0.981. The zero-order chi connectivity index (χ0) is 17.4. The molecular formula is C18H17N3O4. The Morgan fingerprint density at radius 1 is 1.12 bits per heavy atom. The number of hydrogen-bond acceptors (Lipinski definition) is 4. The van der Waals surface area contributed by atoms with Gasteiger partial charge in [-0.25, -0.2) is 4.79 Å². The van der Waals surface area contributed by atoms with Crippen LogP contribution in [0.5, 0.6) is 5.75 Å². The lowest BCUT2D eigenvalue weighted by atomic mass is 10.1. The molecule has 7 heteroatoms. The highest BCUT2D eigenvalue weighted by Crippen LogP contribution is 2.21. The number of piperazine rings is 1. The maximum Gasteiger partial charge on any atom is 0.324 e. The van der Waals surface area contributed by atoms with Crippen LogP contribution >= 0.6 is 0 Å². The number of ether oxygens (including phenoxy) is 1. The highest BCUT2D eigenvalue weighted by molar-refractivity contribution is 6.04. The third-order valence-corrected chi connectivity index (χ3v) is 4.61. The molecule has 2 aliphatic rings. The van der Waals surface area contributed by atoms with E-state index in [1.165, 1.54) is 4.90 Å². The van der Waals surface area contributed by atoms with Gasteiger partial charge < -0.3 is 14.5 Å². The molecule has 2 aliphatic heterocycles. The van der Waals surface area contributed by atoms with Gasteiger partial charge in [0, 0.05) is 13.1 Å². The number of imide groups is 1. The van der Waals surface area contributed by atoms with Crippen LogP contribution in [0.15, 0.2) is 42.5 Å². The molecular weight excluding hydrogens is 322 g/mol. The van der Waals surface area contributed by atoms with Crippen molar-refractivity contribution in [1.29, 1.82) is 0 Å². The number of urea groups is 1. The van der Waals surface area contributed by atoms with Crippen LogP contribution in [-0.2, 0) is 9.59 Å². The first-order valence-electron chi connectivity index (χ1n) is 8.13. The van der Waals surface area contributed by atoms with Crippen LogP contribution in [0.4, 0.5) is 4.79 Å². The number of fused-ring (bicyclic) bond motifs is 2. The van der Waals surface area contributed by atoms with Gasteiger partial charge in [-0.15, -0.1) is 0 Å². The van der Waals surface area contributed by atoms with Crippen LogP contribution < -0.4 is 10.1 Å². The van der Waals surface area contributed by atoms with Crippen molar-refractivity contribution < 1.29 is 19.1 Å². The summed E-state index contributed by atoms with van der Waals surface area (Å²) in [6.45, 7) is 0.860. The van der Waals surface area contributed by atoms with Crippen LogP contribution in [0.25, 0.3) is 10.8 Å². The monoisotopic (exact) mass is 339 g/mol. The summed E-state index contributed by atoms with van der Waals surface area (Å²) in [6.07, 6.45) is 0. The van der Waals surface area contributed by atoms with E-state index in [2.05, 4.69) is 5.32 Å². The minimum absolute atomic E-state index is 0.0966. The van der Waals surface area contributed by atoms with Crippen molar-refractivity contribution in [3.05, 3.63) is 42.5 Å². The highest BCUT2D eigenvalue weighted by Gasteiger charge is 2.42. The fraction of sp³-hybridized carbons (Fsp3) is 0.278. The fourth-order valence-corrected chi connectivity index (χ4v) is 3.23. The minimum Gasteiger partial charge on any atom is -0.484 e. The van der Waals surface area contributed by atoms with Gasteiger partial charge in [-0.05, 0) is 22.9 Å². The molecule has 4 rings (SSSR count). The van der Waals surface area contributed by atoms with Crippen LogP contribution in [0.3, 0.4) is 0 Å². The molecule has 0 radical (unpaired) electrons. The van der Waals surface area contributed by atoms with Gasteiger partial charge in [-0.1, -0.05) is 30.3 Å². The highest BCUT2D eigenvalue weighted by atomic mass is 16.5. The number of carbonyl (C=O) groups is 3. The Bertz CT molecular complexity index is 866. The standard InChI is InChI=1S/C18H17N3O4/c22-16(20-7-8-21-15(10-20)17(23)19-18(21)24)11-25-14-6-5-12-3-1-2-4-13(12)9-14/h1-6,9,15H,7-8,10-11H2,(H,19,23,24)/t15-/m0/s1. The lowest BCUT2D eigenvalue weighted by molar-refractivity contribution is -0.136. The molecule has 25 heavy (non-hydrogen) atoms. The largest absolute Gasteiger partial charge is 0.484 e. The first-order chi connectivity index (χ1) is 12.1. The Kier molecular flexibility index (Phi) is 3.76. The fourth-order valence-electron chi connectivity index (χ4n) is 3.23. The number of amides is 4. The maximum absolute atomic E-state index is 12.4. The molecule has 2 aromatic rings. The average Bonchev–Trinajstić information content (AvgIpc) is 2.93. The molecule has 0 unspecified atom stereocenters. The topological polar surface area (TPSA) is 79.0 Å². The summed E-state index contributed by atoms with van der Waals surface area (Å²) >= 11 is 0. The van der Waals surface area contributed by atoms with E-state index < -0.39 is 6.04 Å². The van der Waals surface area contributed by atoms with Crippen molar-refractivity contribution in [2.45, 2.75) is 6.04 Å². The molecule has 2 heterocycles. The van der Waals surface area contributed by atoms with Crippen molar-refractivity contribution >= 4 is 28.6 Å². The van der Waals surface area contributed by atoms with Crippen LogP contribution in [-0.4, -0.2) is 59.9 Å². The first-order valence-corrected chi connectivity index (χ1v) is 8.13. The summed E-state index contributed by atoms with van der Waals surface area (Å²) in [5.74, 6) is 0.0809. The van der Waals surface area contributed by atoms with E-state index in [-0.39, 0.29) is 31.0 Å². The van der Waals surface area contributed by atoms with Crippen LogP contribution in [0.1, 0.15) is 0 Å². The molecule has 1 atom stereocenters. The lowest BCUT2D eigenvalue weighted by Gasteiger charge is -2.35. The van der Waals surface area contributed by atoms with Crippen molar-refractivity contribution in [2.24, 2.45) is 0 Å². The zero-order valence-corrected chi connectivity index (χ0v) is 13.5. The predicted molar refractivity (Wildman–Crippen MR) is 90.1 cm³/mol. The Labute approximate surface area is 144 Å². The molecule has 4 amide bonds. The van der Waals surface area contributed by atoms with Gasteiger partial charge in [-0.3, -0.25) is 14.9 Å². The smallest absolute Gasteiger partial charge is 0.324 e. The van der Waals surface area contributed by atoms with Gasteiger partial charge in [0.05, 0.1) is 6.54 Å².